The minimum atomic E-state index is -0.575. The standard InChI is InChI=1S/C12H12FN3O2/c1-3-9-11(12(17)18-2)14-15-16(9)10-7-5-4-6-8(10)13/h4-7H,3H2,1-2H3. The van der Waals surface area contributed by atoms with Crippen LogP contribution in [0.5, 0.6) is 0 Å². The zero-order valence-corrected chi connectivity index (χ0v) is 10.1. The van der Waals surface area contributed by atoms with Gasteiger partial charge in [0, 0.05) is 0 Å². The number of methoxy groups -OCH3 is 1. The topological polar surface area (TPSA) is 57.0 Å². The number of esters is 1. The van der Waals surface area contributed by atoms with Crippen LogP contribution in [0, 0.1) is 5.82 Å². The van der Waals surface area contributed by atoms with E-state index in [0.29, 0.717) is 12.1 Å². The Morgan fingerprint density at radius 2 is 2.17 bits per heavy atom. The Labute approximate surface area is 103 Å². The molecule has 0 aliphatic rings. The summed E-state index contributed by atoms with van der Waals surface area (Å²) in [5.41, 5.74) is 0.896. The molecule has 2 aromatic rings. The van der Waals surface area contributed by atoms with Crippen molar-refractivity contribution >= 4 is 5.97 Å². The number of benzene rings is 1. The third-order valence-electron chi connectivity index (χ3n) is 2.56. The lowest BCUT2D eigenvalue weighted by molar-refractivity contribution is 0.0592. The summed E-state index contributed by atoms with van der Waals surface area (Å²) in [6.07, 6.45) is 0.492. The van der Waals surface area contributed by atoms with Gasteiger partial charge in [0.15, 0.2) is 5.69 Å². The van der Waals surface area contributed by atoms with Crippen molar-refractivity contribution in [1.29, 1.82) is 0 Å². The second-order valence-electron chi connectivity index (χ2n) is 3.59. The van der Waals surface area contributed by atoms with Gasteiger partial charge >= 0.3 is 5.97 Å². The molecule has 18 heavy (non-hydrogen) atoms. The lowest BCUT2D eigenvalue weighted by Gasteiger charge is -2.06. The first kappa shape index (κ1) is 12.2. The third kappa shape index (κ3) is 1.97. The molecule has 0 saturated carbocycles. The van der Waals surface area contributed by atoms with Gasteiger partial charge in [-0.05, 0) is 18.6 Å². The van der Waals surface area contributed by atoms with Crippen molar-refractivity contribution in [1.82, 2.24) is 15.0 Å². The second-order valence-corrected chi connectivity index (χ2v) is 3.59. The summed E-state index contributed by atoms with van der Waals surface area (Å²) >= 11 is 0. The van der Waals surface area contributed by atoms with E-state index in [4.69, 9.17) is 0 Å². The van der Waals surface area contributed by atoms with Crippen LogP contribution in [-0.4, -0.2) is 28.1 Å². The fraction of sp³-hybridized carbons (Fsp3) is 0.250. The number of ether oxygens (including phenoxy) is 1. The first-order chi connectivity index (χ1) is 8.69. The van der Waals surface area contributed by atoms with Crippen LogP contribution in [0.2, 0.25) is 0 Å². The molecule has 0 aliphatic carbocycles. The zero-order valence-electron chi connectivity index (χ0n) is 10.1. The maximum absolute atomic E-state index is 13.7. The highest BCUT2D eigenvalue weighted by atomic mass is 19.1. The molecule has 0 saturated heterocycles. The van der Waals surface area contributed by atoms with Gasteiger partial charge in [-0.3, -0.25) is 0 Å². The number of nitrogens with zero attached hydrogens (tertiary/aromatic N) is 3. The molecule has 2 rings (SSSR count). The normalized spacial score (nSPS) is 10.4. The molecule has 5 nitrogen and oxygen atoms in total. The molecular formula is C12H12FN3O2. The molecular weight excluding hydrogens is 237 g/mol. The van der Waals surface area contributed by atoms with E-state index in [1.165, 1.54) is 17.9 Å². The minimum absolute atomic E-state index is 0.114. The summed E-state index contributed by atoms with van der Waals surface area (Å²) in [4.78, 5) is 11.5. The number of carbonyl (C=O) groups is 1. The fourth-order valence-corrected chi connectivity index (χ4v) is 1.69. The molecule has 0 unspecified atom stereocenters. The Morgan fingerprint density at radius 3 is 2.78 bits per heavy atom. The van der Waals surface area contributed by atoms with Gasteiger partial charge in [0.25, 0.3) is 0 Å². The molecule has 0 radical (unpaired) electrons. The number of aromatic nitrogens is 3. The van der Waals surface area contributed by atoms with Crippen LogP contribution in [0.15, 0.2) is 24.3 Å². The Hall–Kier alpha value is -2.24. The van der Waals surface area contributed by atoms with E-state index >= 15 is 0 Å². The predicted molar refractivity (Wildman–Crippen MR) is 62.0 cm³/mol. The first-order valence-electron chi connectivity index (χ1n) is 5.46. The largest absolute Gasteiger partial charge is 0.464 e. The van der Waals surface area contributed by atoms with Gasteiger partial charge in [-0.1, -0.05) is 24.3 Å². The Bertz CT molecular complexity index is 580. The summed E-state index contributed by atoms with van der Waals surface area (Å²) in [6.45, 7) is 1.84. The highest BCUT2D eigenvalue weighted by molar-refractivity contribution is 5.88. The smallest absolute Gasteiger partial charge is 0.360 e. The summed E-state index contributed by atoms with van der Waals surface area (Å²) in [5, 5.41) is 7.56. The van der Waals surface area contributed by atoms with Gasteiger partial charge in [-0.15, -0.1) is 5.10 Å². The van der Waals surface area contributed by atoms with E-state index in [1.54, 1.807) is 18.2 Å². The van der Waals surface area contributed by atoms with Crippen LogP contribution in [0.25, 0.3) is 5.69 Å². The molecule has 0 amide bonds. The van der Waals surface area contributed by atoms with E-state index in [0.717, 1.165) is 0 Å². The maximum atomic E-state index is 13.7. The molecule has 0 bridgehead atoms. The molecule has 0 fully saturated rings. The molecule has 1 aromatic heterocycles. The van der Waals surface area contributed by atoms with Gasteiger partial charge in [-0.25, -0.2) is 13.9 Å². The number of carbonyl (C=O) groups excluding carboxylic acids is 1. The average Bonchev–Trinajstić information content (AvgIpc) is 2.81. The van der Waals surface area contributed by atoms with E-state index < -0.39 is 11.8 Å². The number of halogens is 1. The third-order valence-corrected chi connectivity index (χ3v) is 2.56. The van der Waals surface area contributed by atoms with Crippen molar-refractivity contribution in [2.24, 2.45) is 0 Å². The maximum Gasteiger partial charge on any atom is 0.360 e. The second kappa shape index (κ2) is 4.95. The number of hydrogen-bond acceptors (Lipinski definition) is 4. The quantitative estimate of drug-likeness (QED) is 0.778. The van der Waals surface area contributed by atoms with Crippen molar-refractivity contribution in [3.05, 3.63) is 41.5 Å². The minimum Gasteiger partial charge on any atom is -0.464 e. The molecule has 0 atom stereocenters. The highest BCUT2D eigenvalue weighted by Crippen LogP contribution is 2.17. The van der Waals surface area contributed by atoms with Crippen molar-refractivity contribution in [2.45, 2.75) is 13.3 Å². The van der Waals surface area contributed by atoms with Gasteiger partial charge in [-0.2, -0.15) is 0 Å². The Kier molecular flexibility index (Phi) is 3.36. The van der Waals surface area contributed by atoms with Crippen LogP contribution < -0.4 is 0 Å². The van der Waals surface area contributed by atoms with Crippen molar-refractivity contribution in [2.75, 3.05) is 7.11 Å². The van der Waals surface area contributed by atoms with Crippen molar-refractivity contribution < 1.29 is 13.9 Å². The van der Waals surface area contributed by atoms with Crippen LogP contribution in [0.3, 0.4) is 0 Å². The van der Waals surface area contributed by atoms with E-state index in [2.05, 4.69) is 15.0 Å². The van der Waals surface area contributed by atoms with Crippen molar-refractivity contribution in [3.63, 3.8) is 0 Å². The van der Waals surface area contributed by atoms with Gasteiger partial charge < -0.3 is 4.74 Å². The van der Waals surface area contributed by atoms with E-state index in [-0.39, 0.29) is 11.4 Å². The van der Waals surface area contributed by atoms with E-state index in [1.807, 2.05) is 6.92 Å². The molecule has 0 spiro atoms. The first-order valence-corrected chi connectivity index (χ1v) is 5.46. The molecule has 1 aromatic carbocycles. The Morgan fingerprint density at radius 1 is 1.44 bits per heavy atom. The van der Waals surface area contributed by atoms with Crippen molar-refractivity contribution in [3.8, 4) is 5.69 Å². The summed E-state index contributed by atoms with van der Waals surface area (Å²) in [7, 11) is 1.27. The molecule has 94 valence electrons. The number of hydrogen-bond donors (Lipinski definition) is 0. The number of rotatable bonds is 3. The Balaban J connectivity index is 2.56. The van der Waals surface area contributed by atoms with Crippen LogP contribution in [-0.2, 0) is 11.2 Å². The monoisotopic (exact) mass is 249 g/mol. The highest BCUT2D eigenvalue weighted by Gasteiger charge is 2.20. The SMILES string of the molecule is CCc1c(C(=O)OC)nnn1-c1ccccc1F. The molecule has 0 N–H and O–H groups in total. The summed E-state index contributed by atoms with van der Waals surface area (Å²) in [6, 6.07) is 6.18. The zero-order chi connectivity index (χ0) is 13.1. The molecule has 1 heterocycles. The van der Waals surface area contributed by atoms with E-state index in [9.17, 15) is 9.18 Å². The van der Waals surface area contributed by atoms with Crippen LogP contribution in [0.4, 0.5) is 4.39 Å². The predicted octanol–water partition coefficient (Wildman–Crippen LogP) is 1.76. The fourth-order valence-electron chi connectivity index (χ4n) is 1.69. The summed E-state index contributed by atoms with van der Waals surface area (Å²) < 4.78 is 19.6. The molecule has 6 heteroatoms. The summed E-state index contributed by atoms with van der Waals surface area (Å²) in [5.74, 6) is -0.997. The lowest BCUT2D eigenvalue weighted by Crippen LogP contribution is -2.08. The van der Waals surface area contributed by atoms with Gasteiger partial charge in [0.2, 0.25) is 0 Å². The average molecular weight is 249 g/mol. The number of para-hydroxylation sites is 1. The van der Waals surface area contributed by atoms with Gasteiger partial charge in [0.1, 0.15) is 11.5 Å². The van der Waals surface area contributed by atoms with Gasteiger partial charge in [0.05, 0.1) is 12.8 Å². The van der Waals surface area contributed by atoms with Crippen LogP contribution in [0.1, 0.15) is 23.1 Å². The molecule has 0 aliphatic heterocycles. The lowest BCUT2D eigenvalue weighted by atomic mass is 10.2. The van der Waals surface area contributed by atoms with Crippen LogP contribution >= 0.6 is 0 Å².